The second-order valence-corrected chi connectivity index (χ2v) is 6.11. The zero-order chi connectivity index (χ0) is 15.9. The zero-order valence-corrected chi connectivity index (χ0v) is 13.8. The molecule has 1 amide bonds. The van der Waals surface area contributed by atoms with Crippen LogP contribution in [0.5, 0.6) is 0 Å². The van der Waals surface area contributed by atoms with E-state index in [1.165, 1.54) is 0 Å². The highest BCUT2D eigenvalue weighted by molar-refractivity contribution is 5.79. The summed E-state index contributed by atoms with van der Waals surface area (Å²) in [4.78, 5) is 14.6. The van der Waals surface area contributed by atoms with Gasteiger partial charge in [-0.15, -0.1) is 6.42 Å². The minimum Gasteiger partial charge on any atom is -0.339 e. The molecule has 1 saturated carbocycles. The maximum Gasteiger partial charge on any atom is 0.235 e. The van der Waals surface area contributed by atoms with Crippen molar-refractivity contribution in [2.45, 2.75) is 76.9 Å². The molecule has 0 radical (unpaired) electrons. The van der Waals surface area contributed by atoms with E-state index in [0.29, 0.717) is 18.6 Å². The van der Waals surface area contributed by atoms with Crippen LogP contribution in [0.25, 0.3) is 0 Å². The van der Waals surface area contributed by atoms with Crippen LogP contribution < -0.4 is 11.1 Å². The summed E-state index contributed by atoms with van der Waals surface area (Å²) >= 11 is 0. The van der Waals surface area contributed by atoms with Crippen molar-refractivity contribution in [3.05, 3.63) is 0 Å². The van der Waals surface area contributed by atoms with Gasteiger partial charge in [0.2, 0.25) is 5.91 Å². The Morgan fingerprint density at radius 1 is 1.29 bits per heavy atom. The van der Waals surface area contributed by atoms with Gasteiger partial charge in [-0.1, -0.05) is 26.7 Å². The van der Waals surface area contributed by atoms with Gasteiger partial charge >= 0.3 is 0 Å². The Morgan fingerprint density at radius 2 is 1.86 bits per heavy atom. The lowest BCUT2D eigenvalue weighted by Crippen LogP contribution is -2.52. The summed E-state index contributed by atoms with van der Waals surface area (Å²) in [5.74, 6) is 2.79. The Labute approximate surface area is 129 Å². The van der Waals surface area contributed by atoms with Crippen LogP contribution >= 0.6 is 0 Å². The maximum atomic E-state index is 12.3. The molecule has 21 heavy (non-hydrogen) atoms. The van der Waals surface area contributed by atoms with Crippen molar-refractivity contribution in [1.82, 2.24) is 10.2 Å². The van der Waals surface area contributed by atoms with Gasteiger partial charge in [0, 0.05) is 12.1 Å². The fraction of sp³-hybridized carbons (Fsp3) is 0.824. The highest BCUT2D eigenvalue weighted by Crippen LogP contribution is 2.22. The van der Waals surface area contributed by atoms with Crippen LogP contribution in [0.4, 0.5) is 0 Å². The molecule has 0 bridgehead atoms. The number of nitrogens with zero attached hydrogens (tertiary/aromatic N) is 1. The maximum absolute atomic E-state index is 12.3. The average molecular weight is 293 g/mol. The molecule has 0 unspecified atom stereocenters. The third-order valence-corrected chi connectivity index (χ3v) is 4.87. The summed E-state index contributed by atoms with van der Waals surface area (Å²) < 4.78 is 0. The number of carbonyl (C=O) groups is 1. The molecule has 1 rings (SSSR count). The average Bonchev–Trinajstić information content (AvgIpc) is 2.51. The molecule has 0 atom stereocenters. The van der Waals surface area contributed by atoms with Crippen LogP contribution in [0.2, 0.25) is 0 Å². The zero-order valence-electron chi connectivity index (χ0n) is 13.8. The number of rotatable bonds is 7. The number of hydrogen-bond donors (Lipinski definition) is 2. The third-order valence-electron chi connectivity index (χ3n) is 4.87. The number of nitrogens with one attached hydrogen (secondary N) is 1. The number of terminal acetylenes is 1. The highest BCUT2D eigenvalue weighted by atomic mass is 16.2. The summed E-state index contributed by atoms with van der Waals surface area (Å²) in [6.45, 7) is 7.46. The highest BCUT2D eigenvalue weighted by Gasteiger charge is 2.28. The number of nitrogens with two attached hydrogens (primary N) is 1. The van der Waals surface area contributed by atoms with Crippen molar-refractivity contribution < 1.29 is 4.79 Å². The molecular weight excluding hydrogens is 262 g/mol. The summed E-state index contributed by atoms with van der Waals surface area (Å²) in [7, 11) is 0. The fourth-order valence-corrected chi connectivity index (χ4v) is 3.12. The molecule has 1 aliphatic rings. The molecule has 0 aromatic carbocycles. The van der Waals surface area contributed by atoms with Crippen LogP contribution in [0, 0.1) is 12.3 Å². The van der Waals surface area contributed by atoms with E-state index in [1.807, 2.05) is 13.8 Å². The molecule has 0 aliphatic heterocycles. The second kappa shape index (κ2) is 8.41. The van der Waals surface area contributed by atoms with Crippen LogP contribution in [0.3, 0.4) is 0 Å². The summed E-state index contributed by atoms with van der Waals surface area (Å²) in [5.41, 5.74) is 5.46. The van der Waals surface area contributed by atoms with Crippen molar-refractivity contribution in [3.8, 4) is 12.3 Å². The first-order chi connectivity index (χ1) is 10.00. The largest absolute Gasteiger partial charge is 0.339 e. The number of hydrogen-bond acceptors (Lipinski definition) is 3. The summed E-state index contributed by atoms with van der Waals surface area (Å²) in [6, 6.07) is 0.812. The predicted octanol–water partition coefficient (Wildman–Crippen LogP) is 1.89. The first kappa shape index (κ1) is 18.0. The Bertz CT molecular complexity index is 363. The Hall–Kier alpha value is -1.05. The summed E-state index contributed by atoms with van der Waals surface area (Å²) in [5, 5.41) is 3.05. The molecule has 4 heteroatoms. The molecule has 4 nitrogen and oxygen atoms in total. The lowest BCUT2D eigenvalue weighted by atomic mass is 9.90. The van der Waals surface area contributed by atoms with Crippen LogP contribution in [-0.2, 0) is 4.79 Å². The van der Waals surface area contributed by atoms with Crippen molar-refractivity contribution in [3.63, 3.8) is 0 Å². The van der Waals surface area contributed by atoms with E-state index in [1.54, 1.807) is 0 Å². The first-order valence-electron chi connectivity index (χ1n) is 8.28. The molecule has 0 spiro atoms. The minimum absolute atomic E-state index is 0.0355. The molecule has 1 aliphatic carbocycles. The first-order valence-corrected chi connectivity index (χ1v) is 8.28. The lowest BCUT2D eigenvalue weighted by molar-refractivity contribution is -0.124. The lowest BCUT2D eigenvalue weighted by Gasteiger charge is -2.36. The normalized spacial score (nSPS) is 22.9. The molecule has 120 valence electrons. The summed E-state index contributed by atoms with van der Waals surface area (Å²) in [6.07, 6.45) is 11.4. The standard InChI is InChI=1S/C17H31N3O/c1-5-17(6-2,7-3)19-16(21)13-20(8-4)15-11-9-14(18)10-12-15/h1,14-15H,6-13,18H2,2-4H3,(H,19,21). The van der Waals surface area contributed by atoms with Gasteiger partial charge in [0.05, 0.1) is 6.54 Å². The monoisotopic (exact) mass is 293 g/mol. The quantitative estimate of drug-likeness (QED) is 0.705. The Morgan fingerprint density at radius 3 is 2.29 bits per heavy atom. The van der Waals surface area contributed by atoms with E-state index in [-0.39, 0.29) is 5.91 Å². The SMILES string of the molecule is C#CC(CC)(CC)NC(=O)CN(CC)C1CCC(N)CC1. The van der Waals surface area contributed by atoms with E-state index in [0.717, 1.165) is 45.1 Å². The van der Waals surface area contributed by atoms with Crippen LogP contribution in [0.15, 0.2) is 0 Å². The molecular formula is C17H31N3O. The molecule has 0 saturated heterocycles. The van der Waals surface area contributed by atoms with Crippen molar-refractivity contribution >= 4 is 5.91 Å². The Kier molecular flexibility index (Phi) is 7.21. The van der Waals surface area contributed by atoms with Gasteiger partial charge in [0.15, 0.2) is 0 Å². The van der Waals surface area contributed by atoms with Crippen LogP contribution in [-0.4, -0.2) is 41.5 Å². The molecule has 0 heterocycles. The van der Waals surface area contributed by atoms with E-state index >= 15 is 0 Å². The van der Waals surface area contributed by atoms with Gasteiger partial charge < -0.3 is 11.1 Å². The Balaban J connectivity index is 2.57. The predicted molar refractivity (Wildman–Crippen MR) is 87.8 cm³/mol. The van der Waals surface area contributed by atoms with E-state index < -0.39 is 5.54 Å². The molecule has 3 N–H and O–H groups in total. The van der Waals surface area contributed by atoms with Gasteiger partial charge in [-0.3, -0.25) is 9.69 Å². The minimum atomic E-state index is -0.495. The third kappa shape index (κ3) is 5.01. The number of carbonyl (C=O) groups excluding carboxylic acids is 1. The van der Waals surface area contributed by atoms with Crippen LogP contribution in [0.1, 0.15) is 59.3 Å². The van der Waals surface area contributed by atoms with E-state index in [4.69, 9.17) is 12.2 Å². The van der Waals surface area contributed by atoms with Gasteiger partial charge in [0.25, 0.3) is 0 Å². The van der Waals surface area contributed by atoms with E-state index in [2.05, 4.69) is 23.1 Å². The van der Waals surface area contributed by atoms with Gasteiger partial charge in [-0.2, -0.15) is 0 Å². The topological polar surface area (TPSA) is 58.4 Å². The van der Waals surface area contributed by atoms with E-state index in [9.17, 15) is 4.79 Å². The van der Waals surface area contributed by atoms with Crippen molar-refractivity contribution in [2.24, 2.45) is 5.73 Å². The molecule has 0 aromatic heterocycles. The van der Waals surface area contributed by atoms with Gasteiger partial charge in [0.1, 0.15) is 5.54 Å². The number of amides is 1. The van der Waals surface area contributed by atoms with Crippen molar-refractivity contribution in [1.29, 1.82) is 0 Å². The molecule has 1 fully saturated rings. The smallest absolute Gasteiger partial charge is 0.235 e. The second-order valence-electron chi connectivity index (χ2n) is 6.11. The van der Waals surface area contributed by atoms with Gasteiger partial charge in [-0.05, 0) is 45.1 Å². The van der Waals surface area contributed by atoms with Crippen molar-refractivity contribution in [2.75, 3.05) is 13.1 Å². The number of likely N-dealkylation sites (N-methyl/N-ethyl adjacent to an activating group) is 1. The fourth-order valence-electron chi connectivity index (χ4n) is 3.12. The molecule has 0 aromatic rings. The van der Waals surface area contributed by atoms with Gasteiger partial charge in [-0.25, -0.2) is 0 Å².